The highest BCUT2D eigenvalue weighted by molar-refractivity contribution is 5.94. The summed E-state index contributed by atoms with van der Waals surface area (Å²) in [4.78, 5) is 22.7. The van der Waals surface area contributed by atoms with Crippen LogP contribution in [0.3, 0.4) is 0 Å². The Morgan fingerprint density at radius 2 is 2.08 bits per heavy atom. The summed E-state index contributed by atoms with van der Waals surface area (Å²) in [5, 5.41) is 7.21. The molecule has 1 amide bonds. The highest BCUT2D eigenvalue weighted by Crippen LogP contribution is 2.32. The lowest BCUT2D eigenvalue weighted by Gasteiger charge is -2.22. The smallest absolute Gasteiger partial charge is 0.256 e. The number of amides is 1. The zero-order chi connectivity index (χ0) is 17.2. The van der Waals surface area contributed by atoms with Gasteiger partial charge >= 0.3 is 0 Å². The second-order valence-corrected chi connectivity index (χ2v) is 5.96. The number of rotatable bonds is 3. The minimum absolute atomic E-state index is 0.194. The number of halogens is 1. The summed E-state index contributed by atoms with van der Waals surface area (Å²) in [6.45, 7) is 0.599. The summed E-state index contributed by atoms with van der Waals surface area (Å²) in [6.07, 6.45) is 4.12. The first kappa shape index (κ1) is 15.4. The molecule has 6 nitrogen and oxygen atoms in total. The molecule has 0 saturated carbocycles. The Kier molecular flexibility index (Phi) is 3.97. The third-order valence-electron chi connectivity index (χ3n) is 4.32. The number of likely N-dealkylation sites (tertiary alicyclic amines) is 1. The standard InChI is InChI=1S/C18H16FN5O/c19-14-9-13(10-20-11-14)18(25)24-8-4-7-15(24)17-21-16(22-23-17)12-5-2-1-3-6-12/h1-3,5-6,9-11,15H,4,7-8H2,(H,21,22,23). The monoisotopic (exact) mass is 337 g/mol. The van der Waals surface area contributed by atoms with Crippen molar-refractivity contribution >= 4 is 5.91 Å². The van der Waals surface area contributed by atoms with E-state index in [2.05, 4.69) is 20.2 Å². The third-order valence-corrected chi connectivity index (χ3v) is 4.32. The summed E-state index contributed by atoms with van der Waals surface area (Å²) >= 11 is 0. The Balaban J connectivity index is 1.60. The van der Waals surface area contributed by atoms with Crippen LogP contribution in [-0.2, 0) is 0 Å². The van der Waals surface area contributed by atoms with Crippen LogP contribution in [0.2, 0.25) is 0 Å². The molecule has 0 bridgehead atoms. The summed E-state index contributed by atoms with van der Waals surface area (Å²) in [5.41, 5.74) is 1.16. The van der Waals surface area contributed by atoms with Gasteiger partial charge in [0.1, 0.15) is 11.6 Å². The van der Waals surface area contributed by atoms with Gasteiger partial charge in [-0.3, -0.25) is 14.9 Å². The Hall–Kier alpha value is -3.09. The number of benzene rings is 1. The molecular weight excluding hydrogens is 321 g/mol. The maximum Gasteiger partial charge on any atom is 0.256 e. The number of aromatic amines is 1. The fourth-order valence-electron chi connectivity index (χ4n) is 3.13. The van der Waals surface area contributed by atoms with E-state index in [0.29, 0.717) is 18.2 Å². The lowest BCUT2D eigenvalue weighted by molar-refractivity contribution is 0.0729. The number of hydrogen-bond acceptors (Lipinski definition) is 4. The van der Waals surface area contributed by atoms with E-state index in [9.17, 15) is 9.18 Å². The lowest BCUT2D eigenvalue weighted by Crippen LogP contribution is -2.31. The van der Waals surface area contributed by atoms with Crippen LogP contribution in [0.1, 0.15) is 35.1 Å². The number of H-pyrrole nitrogens is 1. The van der Waals surface area contributed by atoms with E-state index in [-0.39, 0.29) is 17.5 Å². The van der Waals surface area contributed by atoms with Crippen LogP contribution in [0, 0.1) is 5.82 Å². The number of carbonyl (C=O) groups excluding carboxylic acids is 1. The number of nitrogens with one attached hydrogen (secondary N) is 1. The van der Waals surface area contributed by atoms with Gasteiger partial charge in [0, 0.05) is 18.3 Å². The van der Waals surface area contributed by atoms with Crippen LogP contribution >= 0.6 is 0 Å². The Morgan fingerprint density at radius 3 is 2.88 bits per heavy atom. The van der Waals surface area contributed by atoms with Gasteiger partial charge in [-0.05, 0) is 18.9 Å². The van der Waals surface area contributed by atoms with Crippen molar-refractivity contribution in [1.29, 1.82) is 0 Å². The zero-order valence-electron chi connectivity index (χ0n) is 13.4. The average Bonchev–Trinajstić information content (AvgIpc) is 3.31. The zero-order valence-corrected chi connectivity index (χ0v) is 13.4. The number of carbonyl (C=O) groups is 1. The first-order valence-corrected chi connectivity index (χ1v) is 8.11. The Labute approximate surface area is 143 Å². The van der Waals surface area contributed by atoms with Crippen molar-refractivity contribution in [2.75, 3.05) is 6.54 Å². The number of nitrogens with zero attached hydrogens (tertiary/aromatic N) is 4. The van der Waals surface area contributed by atoms with Gasteiger partial charge in [-0.1, -0.05) is 30.3 Å². The molecule has 3 aromatic rings. The number of pyridine rings is 1. The van der Waals surface area contributed by atoms with Crippen molar-refractivity contribution < 1.29 is 9.18 Å². The van der Waals surface area contributed by atoms with Gasteiger partial charge in [0.05, 0.1) is 17.8 Å². The van der Waals surface area contributed by atoms with E-state index < -0.39 is 5.82 Å². The van der Waals surface area contributed by atoms with Crippen LogP contribution in [0.15, 0.2) is 48.8 Å². The average molecular weight is 337 g/mol. The molecule has 1 fully saturated rings. The molecule has 25 heavy (non-hydrogen) atoms. The van der Waals surface area contributed by atoms with Gasteiger partial charge in [0.2, 0.25) is 0 Å². The lowest BCUT2D eigenvalue weighted by atomic mass is 10.2. The van der Waals surface area contributed by atoms with Gasteiger partial charge in [-0.15, -0.1) is 0 Å². The van der Waals surface area contributed by atoms with Crippen molar-refractivity contribution in [3.63, 3.8) is 0 Å². The van der Waals surface area contributed by atoms with E-state index in [4.69, 9.17) is 0 Å². The molecule has 0 radical (unpaired) electrons. The molecule has 1 atom stereocenters. The number of hydrogen-bond donors (Lipinski definition) is 1. The summed E-state index contributed by atoms with van der Waals surface area (Å²) in [5.74, 6) is 0.483. The number of aromatic nitrogens is 4. The quantitative estimate of drug-likeness (QED) is 0.797. The molecule has 1 saturated heterocycles. The fraction of sp³-hybridized carbons (Fsp3) is 0.222. The van der Waals surface area contributed by atoms with Crippen molar-refractivity contribution in [1.82, 2.24) is 25.1 Å². The topological polar surface area (TPSA) is 74.8 Å². The minimum Gasteiger partial charge on any atom is -0.328 e. The SMILES string of the molecule is O=C(c1cncc(F)c1)N1CCCC1c1nc(-c2ccccc2)n[nH]1. The van der Waals surface area contributed by atoms with E-state index in [0.717, 1.165) is 24.6 Å². The van der Waals surface area contributed by atoms with Crippen molar-refractivity contribution in [2.45, 2.75) is 18.9 Å². The molecule has 1 unspecified atom stereocenters. The molecule has 1 aliphatic rings. The van der Waals surface area contributed by atoms with Gasteiger partial charge in [0.25, 0.3) is 5.91 Å². The molecule has 1 aromatic carbocycles. The molecule has 0 spiro atoms. The molecule has 3 heterocycles. The Bertz CT molecular complexity index is 895. The maximum atomic E-state index is 13.4. The molecular formula is C18H16FN5O. The van der Waals surface area contributed by atoms with E-state index in [1.165, 1.54) is 12.3 Å². The maximum absolute atomic E-state index is 13.4. The summed E-state index contributed by atoms with van der Waals surface area (Å²) in [6, 6.07) is 10.7. The minimum atomic E-state index is -0.521. The van der Waals surface area contributed by atoms with E-state index in [1.54, 1.807) is 4.90 Å². The van der Waals surface area contributed by atoms with Crippen molar-refractivity contribution in [3.05, 3.63) is 66.0 Å². The third kappa shape index (κ3) is 3.00. The predicted molar refractivity (Wildman–Crippen MR) is 89.0 cm³/mol. The molecule has 4 rings (SSSR count). The molecule has 1 N–H and O–H groups in total. The van der Waals surface area contributed by atoms with E-state index in [1.807, 2.05) is 30.3 Å². The van der Waals surface area contributed by atoms with Gasteiger partial charge < -0.3 is 4.90 Å². The highest BCUT2D eigenvalue weighted by atomic mass is 19.1. The second-order valence-electron chi connectivity index (χ2n) is 5.96. The van der Waals surface area contributed by atoms with Crippen molar-refractivity contribution in [3.8, 4) is 11.4 Å². The molecule has 0 aliphatic carbocycles. The van der Waals surface area contributed by atoms with Gasteiger partial charge in [-0.2, -0.15) is 5.10 Å². The molecule has 7 heteroatoms. The highest BCUT2D eigenvalue weighted by Gasteiger charge is 2.33. The normalized spacial score (nSPS) is 17.0. The molecule has 2 aromatic heterocycles. The van der Waals surface area contributed by atoms with Crippen LogP contribution < -0.4 is 0 Å². The van der Waals surface area contributed by atoms with Crippen molar-refractivity contribution in [2.24, 2.45) is 0 Å². The molecule has 126 valence electrons. The van der Waals surface area contributed by atoms with Gasteiger partial charge in [0.15, 0.2) is 5.82 Å². The van der Waals surface area contributed by atoms with Gasteiger partial charge in [-0.25, -0.2) is 9.37 Å². The second kappa shape index (κ2) is 6.43. The Morgan fingerprint density at radius 1 is 1.24 bits per heavy atom. The van der Waals surface area contributed by atoms with E-state index >= 15 is 0 Å². The molecule has 1 aliphatic heterocycles. The van der Waals surface area contributed by atoms with Crippen LogP contribution in [0.4, 0.5) is 4.39 Å². The summed E-state index contributed by atoms with van der Waals surface area (Å²) in [7, 11) is 0. The van der Waals surface area contributed by atoms with Crippen LogP contribution in [-0.4, -0.2) is 37.5 Å². The predicted octanol–water partition coefficient (Wildman–Crippen LogP) is 2.98. The largest absolute Gasteiger partial charge is 0.328 e. The van der Waals surface area contributed by atoms with Crippen LogP contribution in [0.5, 0.6) is 0 Å². The first-order valence-electron chi connectivity index (χ1n) is 8.11. The first-order chi connectivity index (χ1) is 12.2. The fourth-order valence-corrected chi connectivity index (χ4v) is 3.13. The summed E-state index contributed by atoms with van der Waals surface area (Å²) < 4.78 is 13.4. The van der Waals surface area contributed by atoms with Crippen LogP contribution in [0.25, 0.3) is 11.4 Å².